The van der Waals surface area contributed by atoms with Crippen molar-refractivity contribution in [2.75, 3.05) is 0 Å². The fraction of sp³-hybridized carbons (Fsp3) is 0.333. The first-order valence-corrected chi connectivity index (χ1v) is 6.70. The zero-order valence-electron chi connectivity index (χ0n) is 11.4. The molecule has 2 aromatic rings. The van der Waals surface area contributed by atoms with Gasteiger partial charge in [-0.05, 0) is 28.5 Å². The lowest BCUT2D eigenvalue weighted by atomic mass is 9.63. The highest BCUT2D eigenvalue weighted by Crippen LogP contribution is 2.52. The lowest BCUT2D eigenvalue weighted by molar-refractivity contribution is 0.306. The molecule has 0 amide bonds. The summed E-state index contributed by atoms with van der Waals surface area (Å²) in [6.07, 6.45) is 1.14. The Kier molecular flexibility index (Phi) is 2.38. The molecule has 1 aliphatic rings. The molecule has 3 rings (SSSR count). The van der Waals surface area contributed by atoms with E-state index in [-0.39, 0.29) is 10.8 Å². The van der Waals surface area contributed by atoms with Gasteiger partial charge in [0.1, 0.15) is 0 Å². The van der Waals surface area contributed by atoms with E-state index in [1.165, 1.54) is 16.7 Å². The second-order valence-corrected chi connectivity index (χ2v) is 6.16. The summed E-state index contributed by atoms with van der Waals surface area (Å²) in [6.45, 7) is 7.17. The standard InChI is InChI=1S/C18H20/c1-17(2)16-12-8-7-9-14(16)13-18(17,3)15-10-5-4-6-11-15/h4-12H,13H2,1-3H3/t18-/m0/s1. The van der Waals surface area contributed by atoms with Crippen LogP contribution in [0.2, 0.25) is 0 Å². The molecule has 0 aromatic heterocycles. The molecule has 92 valence electrons. The number of hydrogen-bond donors (Lipinski definition) is 0. The molecule has 0 heteroatoms. The van der Waals surface area contributed by atoms with Crippen LogP contribution in [0, 0.1) is 0 Å². The van der Waals surface area contributed by atoms with Gasteiger partial charge in [-0.3, -0.25) is 0 Å². The second-order valence-electron chi connectivity index (χ2n) is 6.16. The summed E-state index contributed by atoms with van der Waals surface area (Å²) in [7, 11) is 0. The van der Waals surface area contributed by atoms with E-state index in [0.29, 0.717) is 0 Å². The van der Waals surface area contributed by atoms with Gasteiger partial charge in [0, 0.05) is 5.41 Å². The van der Waals surface area contributed by atoms with Crippen LogP contribution in [0.5, 0.6) is 0 Å². The topological polar surface area (TPSA) is 0 Å². The Morgan fingerprint density at radius 2 is 1.39 bits per heavy atom. The van der Waals surface area contributed by atoms with Crippen LogP contribution in [0.1, 0.15) is 37.5 Å². The molecule has 18 heavy (non-hydrogen) atoms. The number of fused-ring (bicyclic) bond motifs is 1. The van der Waals surface area contributed by atoms with Gasteiger partial charge >= 0.3 is 0 Å². The smallest absolute Gasteiger partial charge is 0.00567 e. The number of hydrogen-bond acceptors (Lipinski definition) is 0. The van der Waals surface area contributed by atoms with Gasteiger partial charge in [0.05, 0.1) is 0 Å². The Balaban J connectivity index is 2.18. The van der Waals surface area contributed by atoms with Crippen molar-refractivity contribution in [3.8, 4) is 0 Å². The molecule has 1 aliphatic carbocycles. The predicted molar refractivity (Wildman–Crippen MR) is 77.0 cm³/mol. The SMILES string of the molecule is CC1(C)c2ccccc2C[C@@]1(C)c1ccccc1. The van der Waals surface area contributed by atoms with Crippen molar-refractivity contribution in [3.05, 3.63) is 71.3 Å². The van der Waals surface area contributed by atoms with Crippen molar-refractivity contribution in [1.29, 1.82) is 0 Å². The molecule has 0 spiro atoms. The van der Waals surface area contributed by atoms with E-state index in [4.69, 9.17) is 0 Å². The van der Waals surface area contributed by atoms with Crippen LogP contribution in [0.15, 0.2) is 54.6 Å². The van der Waals surface area contributed by atoms with E-state index in [0.717, 1.165) is 6.42 Å². The lowest BCUT2D eigenvalue weighted by Crippen LogP contribution is -2.39. The maximum atomic E-state index is 2.41. The lowest BCUT2D eigenvalue weighted by Gasteiger charge is -2.39. The van der Waals surface area contributed by atoms with Crippen LogP contribution < -0.4 is 0 Å². The van der Waals surface area contributed by atoms with Crippen LogP contribution in [-0.4, -0.2) is 0 Å². The van der Waals surface area contributed by atoms with Crippen LogP contribution in [-0.2, 0) is 17.3 Å². The van der Waals surface area contributed by atoms with Crippen LogP contribution in [0.3, 0.4) is 0 Å². The molecular weight excluding hydrogens is 216 g/mol. The number of benzene rings is 2. The molecule has 0 saturated heterocycles. The molecule has 0 saturated carbocycles. The third-order valence-corrected chi connectivity index (χ3v) is 5.03. The summed E-state index contributed by atoms with van der Waals surface area (Å²) in [5.74, 6) is 0. The van der Waals surface area contributed by atoms with Crippen molar-refractivity contribution in [2.45, 2.75) is 38.0 Å². The maximum Gasteiger partial charge on any atom is 0.00567 e. The highest BCUT2D eigenvalue weighted by atomic mass is 14.5. The molecule has 0 bridgehead atoms. The van der Waals surface area contributed by atoms with E-state index < -0.39 is 0 Å². The summed E-state index contributed by atoms with van der Waals surface area (Å²) in [4.78, 5) is 0. The average Bonchev–Trinajstić information content (AvgIpc) is 2.60. The van der Waals surface area contributed by atoms with Crippen LogP contribution in [0.25, 0.3) is 0 Å². The second kappa shape index (κ2) is 3.71. The van der Waals surface area contributed by atoms with Gasteiger partial charge in [-0.2, -0.15) is 0 Å². The van der Waals surface area contributed by atoms with E-state index in [9.17, 15) is 0 Å². The van der Waals surface area contributed by atoms with Gasteiger partial charge < -0.3 is 0 Å². The van der Waals surface area contributed by atoms with Crippen molar-refractivity contribution in [1.82, 2.24) is 0 Å². The Hall–Kier alpha value is -1.56. The van der Waals surface area contributed by atoms with Gasteiger partial charge in [-0.25, -0.2) is 0 Å². The Bertz CT molecular complexity index is 566. The Morgan fingerprint density at radius 3 is 2.06 bits per heavy atom. The van der Waals surface area contributed by atoms with Crippen molar-refractivity contribution in [2.24, 2.45) is 0 Å². The maximum absolute atomic E-state index is 2.41. The Labute approximate surface area is 110 Å². The van der Waals surface area contributed by atoms with Gasteiger partial charge in [0.25, 0.3) is 0 Å². The molecule has 1 atom stereocenters. The monoisotopic (exact) mass is 236 g/mol. The molecule has 0 unspecified atom stereocenters. The minimum Gasteiger partial charge on any atom is -0.0622 e. The summed E-state index contributed by atoms with van der Waals surface area (Å²) in [5.41, 5.74) is 4.85. The first kappa shape index (κ1) is 11.5. The summed E-state index contributed by atoms with van der Waals surface area (Å²) in [6, 6.07) is 19.8. The van der Waals surface area contributed by atoms with Gasteiger partial charge in [-0.1, -0.05) is 75.4 Å². The molecule has 0 heterocycles. The third-order valence-electron chi connectivity index (χ3n) is 5.03. The third kappa shape index (κ3) is 1.38. The molecule has 2 aromatic carbocycles. The zero-order chi connectivity index (χ0) is 12.8. The van der Waals surface area contributed by atoms with E-state index in [2.05, 4.69) is 75.4 Å². The highest BCUT2D eigenvalue weighted by molar-refractivity contribution is 5.48. The van der Waals surface area contributed by atoms with E-state index in [1.54, 1.807) is 0 Å². The number of rotatable bonds is 1. The molecular formula is C18H20. The van der Waals surface area contributed by atoms with Crippen molar-refractivity contribution < 1.29 is 0 Å². The summed E-state index contributed by atoms with van der Waals surface area (Å²) >= 11 is 0. The van der Waals surface area contributed by atoms with Crippen LogP contribution in [0.4, 0.5) is 0 Å². The van der Waals surface area contributed by atoms with Crippen LogP contribution >= 0.6 is 0 Å². The van der Waals surface area contributed by atoms with Crippen molar-refractivity contribution >= 4 is 0 Å². The average molecular weight is 236 g/mol. The molecule has 0 radical (unpaired) electrons. The van der Waals surface area contributed by atoms with Gasteiger partial charge in [0.2, 0.25) is 0 Å². The predicted octanol–water partition coefficient (Wildman–Crippen LogP) is 4.48. The normalized spacial score (nSPS) is 24.8. The Morgan fingerprint density at radius 1 is 0.778 bits per heavy atom. The minimum atomic E-state index is 0.185. The van der Waals surface area contributed by atoms with Gasteiger partial charge in [0.15, 0.2) is 0 Å². The molecule has 0 nitrogen and oxygen atoms in total. The summed E-state index contributed by atoms with van der Waals surface area (Å²) < 4.78 is 0. The fourth-order valence-electron chi connectivity index (χ4n) is 3.45. The first-order chi connectivity index (χ1) is 8.56. The zero-order valence-corrected chi connectivity index (χ0v) is 11.4. The largest absolute Gasteiger partial charge is 0.0622 e. The highest BCUT2D eigenvalue weighted by Gasteiger charge is 2.49. The van der Waals surface area contributed by atoms with Crippen molar-refractivity contribution in [3.63, 3.8) is 0 Å². The quantitative estimate of drug-likeness (QED) is 0.685. The minimum absolute atomic E-state index is 0.185. The summed E-state index contributed by atoms with van der Waals surface area (Å²) in [5, 5.41) is 0. The molecule has 0 fully saturated rings. The molecule has 0 N–H and O–H groups in total. The van der Waals surface area contributed by atoms with E-state index in [1.807, 2.05) is 0 Å². The fourth-order valence-corrected chi connectivity index (χ4v) is 3.45. The van der Waals surface area contributed by atoms with E-state index >= 15 is 0 Å². The first-order valence-electron chi connectivity index (χ1n) is 6.70. The molecule has 0 aliphatic heterocycles. The van der Waals surface area contributed by atoms with Gasteiger partial charge in [-0.15, -0.1) is 0 Å².